The summed E-state index contributed by atoms with van der Waals surface area (Å²) in [5, 5.41) is 9.27. The van der Waals surface area contributed by atoms with Crippen LogP contribution in [0.4, 0.5) is 0 Å². The van der Waals surface area contributed by atoms with Gasteiger partial charge in [-0.2, -0.15) is 0 Å². The lowest BCUT2D eigenvalue weighted by Crippen LogP contribution is -2.35. The van der Waals surface area contributed by atoms with Crippen LogP contribution >= 0.6 is 0 Å². The fourth-order valence-electron chi connectivity index (χ4n) is 2.66. The molecule has 2 aliphatic rings. The molecule has 0 aromatic heterocycles. The standard InChI is InChI=1S/C15H14O4/c16-10-3-1-9(2-4-10)13-8-19-14-7-11(17)5-6-12(14)15(13)18/h1-4,7,12-13,16H,5-6,8H2/t12-,13-/m1/s1. The quantitative estimate of drug-likeness (QED) is 0.836. The number of ketones is 2. The van der Waals surface area contributed by atoms with Crippen LogP contribution in [0, 0.1) is 5.92 Å². The third kappa shape index (κ3) is 2.14. The number of aromatic hydroxyl groups is 1. The van der Waals surface area contributed by atoms with E-state index in [2.05, 4.69) is 0 Å². The predicted molar refractivity (Wildman–Crippen MR) is 67.6 cm³/mol. The summed E-state index contributed by atoms with van der Waals surface area (Å²) in [7, 11) is 0. The molecular weight excluding hydrogens is 244 g/mol. The number of carbonyl (C=O) groups excluding carboxylic acids is 2. The van der Waals surface area contributed by atoms with Crippen LogP contribution in [0.1, 0.15) is 24.3 Å². The van der Waals surface area contributed by atoms with Crippen molar-refractivity contribution in [3.8, 4) is 5.75 Å². The monoisotopic (exact) mass is 258 g/mol. The van der Waals surface area contributed by atoms with Crippen LogP contribution in [0.2, 0.25) is 0 Å². The normalized spacial score (nSPS) is 26.4. The van der Waals surface area contributed by atoms with E-state index in [0.29, 0.717) is 18.6 Å². The zero-order chi connectivity index (χ0) is 13.4. The number of phenolic OH excluding ortho intramolecular Hbond substituents is 1. The van der Waals surface area contributed by atoms with Crippen molar-refractivity contribution in [3.05, 3.63) is 41.7 Å². The Hall–Kier alpha value is -2.10. The number of allylic oxidation sites excluding steroid dienone is 2. The van der Waals surface area contributed by atoms with E-state index in [1.54, 1.807) is 24.3 Å². The fraction of sp³-hybridized carbons (Fsp3) is 0.333. The average Bonchev–Trinajstić information content (AvgIpc) is 2.40. The highest BCUT2D eigenvalue weighted by molar-refractivity contribution is 5.97. The largest absolute Gasteiger partial charge is 0.508 e. The van der Waals surface area contributed by atoms with Crippen molar-refractivity contribution in [2.24, 2.45) is 5.92 Å². The van der Waals surface area contributed by atoms with Gasteiger partial charge in [-0.3, -0.25) is 9.59 Å². The van der Waals surface area contributed by atoms with Gasteiger partial charge in [-0.1, -0.05) is 12.1 Å². The summed E-state index contributed by atoms with van der Waals surface area (Å²) in [5.41, 5.74) is 0.846. The molecule has 0 saturated carbocycles. The van der Waals surface area contributed by atoms with E-state index in [0.717, 1.165) is 5.56 Å². The lowest BCUT2D eigenvalue weighted by molar-refractivity contribution is -0.130. The summed E-state index contributed by atoms with van der Waals surface area (Å²) >= 11 is 0. The molecule has 0 bridgehead atoms. The number of hydrogen-bond donors (Lipinski definition) is 1. The maximum atomic E-state index is 12.5. The van der Waals surface area contributed by atoms with Gasteiger partial charge in [0.25, 0.3) is 0 Å². The number of rotatable bonds is 1. The Labute approximate surface area is 110 Å². The summed E-state index contributed by atoms with van der Waals surface area (Å²) in [6.07, 6.45) is 2.41. The van der Waals surface area contributed by atoms with E-state index in [-0.39, 0.29) is 35.8 Å². The first-order chi connectivity index (χ1) is 9.15. The van der Waals surface area contributed by atoms with E-state index >= 15 is 0 Å². The Balaban J connectivity index is 1.87. The lowest BCUT2D eigenvalue weighted by Gasteiger charge is -2.32. The SMILES string of the molecule is O=C1C=C2OC[C@H](c3ccc(O)cc3)C(=O)[C@@H]2CC1. The Kier molecular flexibility index (Phi) is 2.85. The first-order valence-electron chi connectivity index (χ1n) is 6.35. The number of benzene rings is 1. The van der Waals surface area contributed by atoms with Crippen LogP contribution < -0.4 is 0 Å². The molecule has 1 aromatic carbocycles. The van der Waals surface area contributed by atoms with Crippen molar-refractivity contribution in [1.29, 1.82) is 0 Å². The van der Waals surface area contributed by atoms with E-state index in [4.69, 9.17) is 4.74 Å². The van der Waals surface area contributed by atoms with E-state index < -0.39 is 0 Å². The molecule has 4 heteroatoms. The third-order valence-electron chi connectivity index (χ3n) is 3.73. The van der Waals surface area contributed by atoms with Gasteiger partial charge in [0, 0.05) is 12.5 Å². The van der Waals surface area contributed by atoms with Crippen molar-refractivity contribution < 1.29 is 19.4 Å². The molecule has 1 saturated heterocycles. The second kappa shape index (κ2) is 4.53. The zero-order valence-electron chi connectivity index (χ0n) is 10.3. The minimum absolute atomic E-state index is 0.0298. The number of ether oxygens (including phenoxy) is 1. The molecule has 19 heavy (non-hydrogen) atoms. The molecule has 0 unspecified atom stereocenters. The summed E-state index contributed by atoms with van der Waals surface area (Å²) in [6.45, 7) is 0.263. The Bertz CT molecular complexity index is 556. The van der Waals surface area contributed by atoms with Crippen LogP contribution in [0.5, 0.6) is 5.75 Å². The number of carbonyl (C=O) groups is 2. The highest BCUT2D eigenvalue weighted by atomic mass is 16.5. The van der Waals surface area contributed by atoms with Gasteiger partial charge in [0.05, 0.1) is 11.8 Å². The molecule has 0 radical (unpaired) electrons. The van der Waals surface area contributed by atoms with Crippen LogP contribution in [0.3, 0.4) is 0 Å². The topological polar surface area (TPSA) is 63.6 Å². The second-order valence-electron chi connectivity index (χ2n) is 4.96. The molecule has 98 valence electrons. The molecule has 1 N–H and O–H groups in total. The Morgan fingerprint density at radius 1 is 1.11 bits per heavy atom. The summed E-state index contributed by atoms with van der Waals surface area (Å²) in [5.74, 6) is 0.243. The molecule has 1 aliphatic heterocycles. The van der Waals surface area contributed by atoms with Gasteiger partial charge in [-0.25, -0.2) is 0 Å². The maximum Gasteiger partial charge on any atom is 0.159 e. The third-order valence-corrected chi connectivity index (χ3v) is 3.73. The van der Waals surface area contributed by atoms with Gasteiger partial charge in [0.1, 0.15) is 18.1 Å². The molecule has 1 aromatic rings. The van der Waals surface area contributed by atoms with E-state index in [1.807, 2.05) is 0 Å². The van der Waals surface area contributed by atoms with E-state index in [1.165, 1.54) is 6.08 Å². The van der Waals surface area contributed by atoms with E-state index in [9.17, 15) is 14.7 Å². The maximum absolute atomic E-state index is 12.5. The average molecular weight is 258 g/mol. The first kappa shape index (κ1) is 12.0. The van der Waals surface area contributed by atoms with Crippen LogP contribution in [-0.4, -0.2) is 23.3 Å². The van der Waals surface area contributed by atoms with Crippen molar-refractivity contribution in [2.75, 3.05) is 6.61 Å². The predicted octanol–water partition coefficient (Wildman–Crippen LogP) is 1.94. The first-order valence-corrected chi connectivity index (χ1v) is 6.35. The van der Waals surface area contributed by atoms with Crippen molar-refractivity contribution in [2.45, 2.75) is 18.8 Å². The van der Waals surface area contributed by atoms with Crippen LogP contribution in [0.15, 0.2) is 36.1 Å². The molecule has 3 rings (SSSR count). The van der Waals surface area contributed by atoms with Gasteiger partial charge in [-0.05, 0) is 24.1 Å². The molecule has 1 aliphatic carbocycles. The number of hydrogen-bond acceptors (Lipinski definition) is 4. The number of Topliss-reactive ketones (excluding diaryl/α,β-unsaturated/α-hetero) is 1. The molecule has 1 fully saturated rings. The van der Waals surface area contributed by atoms with Gasteiger partial charge < -0.3 is 9.84 Å². The minimum Gasteiger partial charge on any atom is -0.508 e. The number of fused-ring (bicyclic) bond motifs is 1. The van der Waals surface area contributed by atoms with Crippen LogP contribution in [-0.2, 0) is 14.3 Å². The highest BCUT2D eigenvalue weighted by Gasteiger charge is 2.38. The molecule has 0 amide bonds. The molecular formula is C15H14O4. The number of phenols is 1. The Morgan fingerprint density at radius 2 is 1.84 bits per heavy atom. The summed E-state index contributed by atoms with van der Waals surface area (Å²) in [6, 6.07) is 6.62. The molecule has 4 nitrogen and oxygen atoms in total. The minimum atomic E-state index is -0.309. The van der Waals surface area contributed by atoms with Crippen molar-refractivity contribution >= 4 is 11.6 Å². The zero-order valence-corrected chi connectivity index (χ0v) is 10.3. The fourth-order valence-corrected chi connectivity index (χ4v) is 2.66. The molecule has 1 heterocycles. The van der Waals surface area contributed by atoms with Gasteiger partial charge in [0.15, 0.2) is 11.6 Å². The highest BCUT2D eigenvalue weighted by Crippen LogP contribution is 2.36. The lowest BCUT2D eigenvalue weighted by atomic mass is 9.79. The van der Waals surface area contributed by atoms with Crippen molar-refractivity contribution in [1.82, 2.24) is 0 Å². The smallest absolute Gasteiger partial charge is 0.159 e. The van der Waals surface area contributed by atoms with Gasteiger partial charge >= 0.3 is 0 Å². The van der Waals surface area contributed by atoms with Gasteiger partial charge in [0.2, 0.25) is 0 Å². The summed E-state index contributed by atoms with van der Waals surface area (Å²) in [4.78, 5) is 23.8. The Morgan fingerprint density at radius 3 is 2.58 bits per heavy atom. The molecule has 2 atom stereocenters. The molecule has 0 spiro atoms. The summed E-state index contributed by atoms with van der Waals surface area (Å²) < 4.78 is 5.58. The van der Waals surface area contributed by atoms with Crippen molar-refractivity contribution in [3.63, 3.8) is 0 Å². The van der Waals surface area contributed by atoms with Crippen LogP contribution in [0.25, 0.3) is 0 Å². The van der Waals surface area contributed by atoms with Gasteiger partial charge in [-0.15, -0.1) is 0 Å². The second-order valence-corrected chi connectivity index (χ2v) is 4.96.